The van der Waals surface area contributed by atoms with Crippen LogP contribution in [0, 0.1) is 0 Å². The van der Waals surface area contributed by atoms with E-state index in [1.165, 1.54) is 11.8 Å². The smallest absolute Gasteiger partial charge is 0.267 e. The summed E-state index contributed by atoms with van der Waals surface area (Å²) in [5.41, 5.74) is 2.14. The van der Waals surface area contributed by atoms with Gasteiger partial charge in [-0.25, -0.2) is 0 Å². The van der Waals surface area contributed by atoms with Crippen molar-refractivity contribution in [1.82, 2.24) is 4.90 Å². The van der Waals surface area contributed by atoms with Gasteiger partial charge in [0.05, 0.1) is 17.7 Å². The van der Waals surface area contributed by atoms with Crippen molar-refractivity contribution < 1.29 is 9.21 Å². The van der Waals surface area contributed by atoms with E-state index in [2.05, 4.69) is 10.2 Å². The number of furan rings is 1. The molecule has 0 N–H and O–H groups in total. The number of hydrogen-bond donors (Lipinski definition) is 0. The Morgan fingerprint density at radius 3 is 2.22 bits per heavy atom. The lowest BCUT2D eigenvalue weighted by Gasteiger charge is -2.12. The van der Waals surface area contributed by atoms with Gasteiger partial charge in [-0.15, -0.1) is 5.10 Å². The zero-order chi connectivity index (χ0) is 22.0. The lowest BCUT2D eigenvalue weighted by atomic mass is 10.2. The number of thioether (sulfide) groups is 1. The lowest BCUT2D eigenvalue weighted by molar-refractivity contribution is -0.122. The maximum absolute atomic E-state index is 13.0. The summed E-state index contributed by atoms with van der Waals surface area (Å²) in [6, 6.07) is 23.5. The Kier molecular flexibility index (Phi) is 7.29. The Morgan fingerprint density at radius 1 is 0.875 bits per heavy atom. The van der Waals surface area contributed by atoms with Crippen LogP contribution in [0.15, 0.2) is 117 Å². The third kappa shape index (κ3) is 5.83. The summed E-state index contributed by atoms with van der Waals surface area (Å²) in [5.74, 6) is 0.554. The van der Waals surface area contributed by atoms with E-state index < -0.39 is 0 Å². The number of nitrogens with zero attached hydrogens (tertiary/aromatic N) is 3. The summed E-state index contributed by atoms with van der Waals surface area (Å²) >= 11 is 1.30. The molecular weight excluding hydrogens is 418 g/mol. The summed E-state index contributed by atoms with van der Waals surface area (Å²) in [5, 5.41) is 8.92. The van der Waals surface area contributed by atoms with E-state index >= 15 is 0 Å². The molecule has 4 rings (SSSR count). The Hall–Kier alpha value is -3.90. The van der Waals surface area contributed by atoms with Gasteiger partial charge in [-0.1, -0.05) is 78.9 Å². The molecule has 1 amide bonds. The number of amides is 1. The number of allylic oxidation sites excluding steroid dienone is 3. The van der Waals surface area contributed by atoms with Crippen molar-refractivity contribution in [2.24, 2.45) is 10.2 Å². The number of amidine groups is 1. The number of rotatable bonds is 7. The number of hydrogen-bond acceptors (Lipinski definition) is 5. The van der Waals surface area contributed by atoms with Crippen LogP contribution in [0.3, 0.4) is 0 Å². The molecule has 0 unspecified atom stereocenters. The maximum atomic E-state index is 13.0. The first kappa shape index (κ1) is 21.3. The molecule has 2 heterocycles. The van der Waals surface area contributed by atoms with E-state index in [0.717, 1.165) is 11.1 Å². The van der Waals surface area contributed by atoms with E-state index in [4.69, 9.17) is 4.42 Å². The van der Waals surface area contributed by atoms with Crippen molar-refractivity contribution in [3.63, 3.8) is 0 Å². The second-order valence-corrected chi connectivity index (χ2v) is 7.80. The van der Waals surface area contributed by atoms with Crippen molar-refractivity contribution in [2.75, 3.05) is 0 Å². The van der Waals surface area contributed by atoms with Crippen LogP contribution >= 0.6 is 11.8 Å². The molecule has 32 heavy (non-hydrogen) atoms. The molecule has 1 aliphatic heterocycles. The van der Waals surface area contributed by atoms with Gasteiger partial charge >= 0.3 is 0 Å². The van der Waals surface area contributed by atoms with E-state index in [0.29, 0.717) is 22.4 Å². The molecular formula is C26H21N3O2S. The molecule has 1 aliphatic rings. The first-order chi connectivity index (χ1) is 15.8. The summed E-state index contributed by atoms with van der Waals surface area (Å²) in [6.45, 7) is 0.298. The molecule has 0 bridgehead atoms. The molecule has 0 radical (unpaired) electrons. The first-order valence-electron chi connectivity index (χ1n) is 10.1. The van der Waals surface area contributed by atoms with E-state index in [-0.39, 0.29) is 5.91 Å². The van der Waals surface area contributed by atoms with Gasteiger partial charge in [0.25, 0.3) is 5.91 Å². The van der Waals surface area contributed by atoms with Crippen molar-refractivity contribution in [3.8, 4) is 0 Å². The van der Waals surface area contributed by atoms with Crippen molar-refractivity contribution >= 4 is 41.2 Å². The average molecular weight is 440 g/mol. The standard InChI is InChI=1S/C26H21N3O2S/c30-25-24(17-7-14-21-10-3-1-4-11-21)32-26(29(25)20-23-16-9-19-31-23)28-27-18-8-15-22-12-5-2-6-13-22/h1-19H,20H2/b14-7+,15-8+,24-17-,27-18+,28-26+. The molecule has 0 atom stereocenters. The normalized spacial score (nSPS) is 17.1. The van der Waals surface area contributed by atoms with Crippen molar-refractivity contribution in [3.05, 3.63) is 119 Å². The molecule has 158 valence electrons. The summed E-state index contributed by atoms with van der Waals surface area (Å²) in [6.07, 6.45) is 12.6. The van der Waals surface area contributed by atoms with Gasteiger partial charge < -0.3 is 4.42 Å². The van der Waals surface area contributed by atoms with Crippen LogP contribution in [-0.2, 0) is 11.3 Å². The van der Waals surface area contributed by atoms with E-state index in [1.807, 2.05) is 91.0 Å². The lowest BCUT2D eigenvalue weighted by Crippen LogP contribution is -2.28. The van der Waals surface area contributed by atoms with Crippen molar-refractivity contribution in [1.29, 1.82) is 0 Å². The Labute approximate surface area is 191 Å². The third-order valence-corrected chi connectivity index (χ3v) is 5.52. The molecule has 1 fully saturated rings. The quantitative estimate of drug-likeness (QED) is 0.257. The molecule has 1 aromatic heterocycles. The first-order valence-corrected chi connectivity index (χ1v) is 10.9. The monoisotopic (exact) mass is 439 g/mol. The largest absolute Gasteiger partial charge is 0.467 e. The minimum Gasteiger partial charge on any atom is -0.467 e. The van der Waals surface area contributed by atoms with Crippen LogP contribution in [0.1, 0.15) is 16.9 Å². The topological polar surface area (TPSA) is 58.2 Å². The average Bonchev–Trinajstić information content (AvgIpc) is 3.44. The zero-order valence-corrected chi connectivity index (χ0v) is 18.1. The molecule has 6 heteroatoms. The fourth-order valence-electron chi connectivity index (χ4n) is 2.94. The second-order valence-electron chi connectivity index (χ2n) is 6.79. The molecule has 0 aliphatic carbocycles. The molecule has 2 aromatic carbocycles. The molecule has 5 nitrogen and oxygen atoms in total. The van der Waals surface area contributed by atoms with Crippen LogP contribution in [0.4, 0.5) is 0 Å². The van der Waals surface area contributed by atoms with Gasteiger partial charge in [-0.3, -0.25) is 9.69 Å². The highest BCUT2D eigenvalue weighted by Crippen LogP contribution is 2.32. The van der Waals surface area contributed by atoms with Gasteiger partial charge in [0, 0.05) is 6.21 Å². The van der Waals surface area contributed by atoms with Crippen LogP contribution in [0.5, 0.6) is 0 Å². The number of carbonyl (C=O) groups excluding carboxylic acids is 1. The SMILES string of the molecule is O=C1/C(=C/C=C/c2ccccc2)S/C(=N/N=C/C=C/c2ccccc2)N1Cc1ccco1. The van der Waals surface area contributed by atoms with Crippen molar-refractivity contribution in [2.45, 2.75) is 6.54 Å². The minimum atomic E-state index is -0.127. The second kappa shape index (κ2) is 10.9. The van der Waals surface area contributed by atoms with Gasteiger partial charge in [0.1, 0.15) is 5.76 Å². The van der Waals surface area contributed by atoms with Gasteiger partial charge in [-0.2, -0.15) is 5.10 Å². The Bertz CT molecular complexity index is 1180. The van der Waals surface area contributed by atoms with Crippen LogP contribution in [0.25, 0.3) is 12.2 Å². The van der Waals surface area contributed by atoms with Crippen LogP contribution in [0.2, 0.25) is 0 Å². The Morgan fingerprint density at radius 2 is 1.56 bits per heavy atom. The molecule has 0 spiro atoms. The highest BCUT2D eigenvalue weighted by atomic mass is 32.2. The summed E-state index contributed by atoms with van der Waals surface area (Å²) in [4.78, 5) is 15.1. The van der Waals surface area contributed by atoms with Gasteiger partial charge in [0.2, 0.25) is 0 Å². The summed E-state index contributed by atoms with van der Waals surface area (Å²) in [7, 11) is 0. The Balaban J connectivity index is 1.50. The fraction of sp³-hybridized carbons (Fsp3) is 0.0385. The van der Waals surface area contributed by atoms with E-state index in [9.17, 15) is 4.79 Å². The van der Waals surface area contributed by atoms with E-state index in [1.54, 1.807) is 29.5 Å². The predicted molar refractivity (Wildman–Crippen MR) is 132 cm³/mol. The maximum Gasteiger partial charge on any atom is 0.267 e. The van der Waals surface area contributed by atoms with Gasteiger partial charge in [0.15, 0.2) is 5.17 Å². The molecule has 3 aromatic rings. The van der Waals surface area contributed by atoms with Gasteiger partial charge in [-0.05, 0) is 47.2 Å². The highest BCUT2D eigenvalue weighted by Gasteiger charge is 2.33. The zero-order valence-electron chi connectivity index (χ0n) is 17.2. The third-order valence-electron chi connectivity index (χ3n) is 4.50. The fourth-order valence-corrected chi connectivity index (χ4v) is 3.83. The van der Waals surface area contributed by atoms with Crippen LogP contribution in [-0.4, -0.2) is 22.2 Å². The summed E-state index contributed by atoms with van der Waals surface area (Å²) < 4.78 is 5.42. The number of carbonyl (C=O) groups is 1. The predicted octanol–water partition coefficient (Wildman–Crippen LogP) is 6.01. The molecule has 1 saturated heterocycles. The van der Waals surface area contributed by atoms with Crippen LogP contribution < -0.4 is 0 Å². The number of benzene rings is 2. The molecule has 0 saturated carbocycles. The minimum absolute atomic E-state index is 0.127. The highest BCUT2D eigenvalue weighted by molar-refractivity contribution is 8.18.